The molecule has 0 aliphatic carbocycles. The lowest BCUT2D eigenvalue weighted by molar-refractivity contribution is 0.177. The Labute approximate surface area is 116 Å². The van der Waals surface area contributed by atoms with Crippen molar-refractivity contribution in [1.82, 2.24) is 9.44 Å². The smallest absolute Gasteiger partial charge is 0.421 e. The average molecular weight is 323 g/mol. The number of amides is 1. The second-order valence-electron chi connectivity index (χ2n) is 3.61. The molecule has 0 aliphatic rings. The third-order valence-corrected chi connectivity index (χ3v) is 3.97. The van der Waals surface area contributed by atoms with Gasteiger partial charge in [0.05, 0.1) is 12.0 Å². The lowest BCUT2D eigenvalue weighted by Gasteiger charge is -2.08. The van der Waals surface area contributed by atoms with Crippen molar-refractivity contribution in [2.24, 2.45) is 5.14 Å². The van der Waals surface area contributed by atoms with Gasteiger partial charge < -0.3 is 4.74 Å². The normalized spacial score (nSPS) is 11.9. The zero-order valence-corrected chi connectivity index (χ0v) is 12.0. The monoisotopic (exact) mass is 323 g/mol. The van der Waals surface area contributed by atoms with Crippen molar-refractivity contribution in [3.8, 4) is 0 Å². The first-order chi connectivity index (χ1) is 9.14. The topological polar surface area (TPSA) is 145 Å². The van der Waals surface area contributed by atoms with Crippen LogP contribution in [-0.4, -0.2) is 30.0 Å². The lowest BCUT2D eigenvalue weighted by atomic mass is 10.2. The van der Waals surface area contributed by atoms with E-state index in [1.165, 1.54) is 24.3 Å². The number of nitrogens with two attached hydrogens (primary N) is 1. The van der Waals surface area contributed by atoms with Crippen LogP contribution in [0, 0.1) is 0 Å². The van der Waals surface area contributed by atoms with E-state index in [2.05, 4.69) is 4.74 Å². The van der Waals surface area contributed by atoms with Gasteiger partial charge in [-0.05, 0) is 17.7 Å². The van der Waals surface area contributed by atoms with Gasteiger partial charge in [-0.25, -0.2) is 23.1 Å². The van der Waals surface area contributed by atoms with Crippen molar-refractivity contribution in [1.29, 1.82) is 0 Å². The zero-order valence-electron chi connectivity index (χ0n) is 10.4. The maximum absolute atomic E-state index is 11.4. The second-order valence-corrected chi connectivity index (χ2v) is 6.67. The molecule has 9 nitrogen and oxygen atoms in total. The molecule has 0 fully saturated rings. The quantitative estimate of drug-likeness (QED) is 0.635. The Morgan fingerprint density at radius 2 is 1.95 bits per heavy atom. The molecule has 0 atom stereocenters. The number of carbonyl (C=O) groups is 1. The number of primary sulfonamides is 1. The van der Waals surface area contributed by atoms with Crippen LogP contribution in [0.3, 0.4) is 0 Å². The minimum Gasteiger partial charge on any atom is -0.452 e. The van der Waals surface area contributed by atoms with Gasteiger partial charge in [0.2, 0.25) is 10.0 Å². The molecule has 4 N–H and O–H groups in total. The molecule has 11 heteroatoms. The van der Waals surface area contributed by atoms with E-state index < -0.39 is 26.3 Å². The minimum atomic E-state index is -4.09. The van der Waals surface area contributed by atoms with E-state index in [1.807, 2.05) is 4.72 Å². The zero-order chi connectivity index (χ0) is 15.4. The summed E-state index contributed by atoms with van der Waals surface area (Å²) in [5.74, 6) is 0. The third-order valence-electron chi connectivity index (χ3n) is 2.10. The predicted octanol–water partition coefficient (Wildman–Crippen LogP) is -0.976. The number of ether oxygens (including phenoxy) is 1. The molecule has 0 aromatic heterocycles. The molecule has 0 aliphatic heterocycles. The van der Waals surface area contributed by atoms with Crippen molar-refractivity contribution in [3.63, 3.8) is 0 Å². The van der Waals surface area contributed by atoms with Gasteiger partial charge in [-0.3, -0.25) is 0 Å². The van der Waals surface area contributed by atoms with Crippen LogP contribution in [0.2, 0.25) is 0 Å². The van der Waals surface area contributed by atoms with Crippen LogP contribution < -0.4 is 14.6 Å². The maximum Gasteiger partial charge on any atom is 0.421 e. The molecule has 20 heavy (non-hydrogen) atoms. The lowest BCUT2D eigenvalue weighted by Crippen LogP contribution is -2.39. The van der Waals surface area contributed by atoms with Gasteiger partial charge in [0.15, 0.2) is 0 Å². The van der Waals surface area contributed by atoms with Gasteiger partial charge in [0, 0.05) is 6.54 Å². The van der Waals surface area contributed by atoms with Crippen LogP contribution in [0.5, 0.6) is 0 Å². The van der Waals surface area contributed by atoms with E-state index in [-0.39, 0.29) is 11.4 Å². The Bertz CT molecular complexity index is 698. The molecule has 1 aromatic carbocycles. The molecule has 1 amide bonds. The Balaban J connectivity index is 2.78. The fourth-order valence-electron chi connectivity index (χ4n) is 1.20. The van der Waals surface area contributed by atoms with Gasteiger partial charge in [-0.1, -0.05) is 12.1 Å². The number of carbonyl (C=O) groups excluding carboxylic acids is 1. The summed E-state index contributed by atoms with van der Waals surface area (Å²) in [7, 11) is -6.95. The van der Waals surface area contributed by atoms with E-state index in [9.17, 15) is 21.6 Å². The Morgan fingerprint density at radius 1 is 1.30 bits per heavy atom. The van der Waals surface area contributed by atoms with E-state index in [0.29, 0.717) is 5.56 Å². The van der Waals surface area contributed by atoms with Crippen molar-refractivity contribution in [2.75, 3.05) is 7.11 Å². The number of hydrogen-bond acceptors (Lipinski definition) is 6. The first kappa shape index (κ1) is 16.4. The SMILES string of the molecule is COC(=O)NS(=O)(=O)NCc1cccc(S(N)(=O)=O)c1. The number of methoxy groups -OCH3 is 1. The summed E-state index contributed by atoms with van der Waals surface area (Å²) >= 11 is 0. The van der Waals surface area contributed by atoms with Crippen LogP contribution in [0.25, 0.3) is 0 Å². The van der Waals surface area contributed by atoms with Crippen LogP contribution in [0.4, 0.5) is 4.79 Å². The summed E-state index contributed by atoms with van der Waals surface area (Å²) in [5, 5.41) is 4.95. The molecule has 0 bridgehead atoms. The van der Waals surface area contributed by atoms with Crippen molar-refractivity contribution < 1.29 is 26.4 Å². The van der Waals surface area contributed by atoms with Crippen LogP contribution in [0.1, 0.15) is 5.56 Å². The molecular formula is C9H13N3O6S2. The van der Waals surface area contributed by atoms with E-state index in [4.69, 9.17) is 5.14 Å². The average Bonchev–Trinajstić information content (AvgIpc) is 2.35. The van der Waals surface area contributed by atoms with Gasteiger partial charge in [0.1, 0.15) is 0 Å². The highest BCUT2D eigenvalue weighted by molar-refractivity contribution is 7.89. The predicted molar refractivity (Wildman–Crippen MR) is 69.1 cm³/mol. The number of hydrogen-bond donors (Lipinski definition) is 3. The number of rotatable bonds is 5. The maximum atomic E-state index is 11.4. The van der Waals surface area contributed by atoms with Crippen LogP contribution in [-0.2, 0) is 31.5 Å². The number of sulfonamides is 1. The van der Waals surface area contributed by atoms with Crippen molar-refractivity contribution >= 4 is 26.3 Å². The highest BCUT2D eigenvalue weighted by atomic mass is 32.2. The van der Waals surface area contributed by atoms with Gasteiger partial charge in [0.25, 0.3) is 0 Å². The highest BCUT2D eigenvalue weighted by Crippen LogP contribution is 2.09. The summed E-state index contributed by atoms with van der Waals surface area (Å²) in [6, 6.07) is 5.41. The van der Waals surface area contributed by atoms with E-state index in [1.54, 1.807) is 4.72 Å². The van der Waals surface area contributed by atoms with E-state index >= 15 is 0 Å². The molecule has 1 rings (SSSR count). The van der Waals surface area contributed by atoms with Crippen molar-refractivity contribution in [2.45, 2.75) is 11.4 Å². The summed E-state index contributed by atoms with van der Waals surface area (Å²) < 4.78 is 52.8. The minimum absolute atomic E-state index is 0.143. The fraction of sp³-hybridized carbons (Fsp3) is 0.222. The third kappa shape index (κ3) is 5.13. The highest BCUT2D eigenvalue weighted by Gasteiger charge is 2.14. The van der Waals surface area contributed by atoms with Crippen LogP contribution >= 0.6 is 0 Å². The summed E-state index contributed by atoms with van der Waals surface area (Å²) in [4.78, 5) is 10.6. The molecule has 0 unspecified atom stereocenters. The fourth-order valence-corrected chi connectivity index (χ4v) is 2.51. The molecular weight excluding hydrogens is 310 g/mol. The summed E-state index contributed by atoms with van der Waals surface area (Å²) in [5.41, 5.74) is 0.353. The Morgan fingerprint density at radius 3 is 2.50 bits per heavy atom. The molecule has 0 radical (unpaired) electrons. The largest absolute Gasteiger partial charge is 0.452 e. The molecule has 0 saturated carbocycles. The molecule has 0 spiro atoms. The Hall–Kier alpha value is -1.69. The van der Waals surface area contributed by atoms with Crippen LogP contribution in [0.15, 0.2) is 29.2 Å². The first-order valence-electron chi connectivity index (χ1n) is 5.11. The van der Waals surface area contributed by atoms with Crippen molar-refractivity contribution in [3.05, 3.63) is 29.8 Å². The molecule has 0 heterocycles. The molecule has 1 aromatic rings. The molecule has 112 valence electrons. The standard InChI is InChI=1S/C9H13N3O6S2/c1-18-9(13)12-20(16,17)11-6-7-3-2-4-8(5-7)19(10,14)15/h2-5,11H,6H2,1H3,(H,12,13)(H2,10,14,15). The van der Waals surface area contributed by atoms with Gasteiger partial charge in [-0.2, -0.15) is 13.1 Å². The summed E-state index contributed by atoms with van der Waals surface area (Å²) in [6.45, 7) is -0.227. The number of nitrogens with one attached hydrogen (secondary N) is 2. The summed E-state index contributed by atoms with van der Waals surface area (Å²) in [6.07, 6.45) is -1.14. The first-order valence-corrected chi connectivity index (χ1v) is 8.14. The second kappa shape index (κ2) is 6.17. The van der Waals surface area contributed by atoms with Gasteiger partial charge in [-0.15, -0.1) is 0 Å². The van der Waals surface area contributed by atoms with E-state index in [0.717, 1.165) is 7.11 Å². The molecule has 0 saturated heterocycles. The van der Waals surface area contributed by atoms with Gasteiger partial charge >= 0.3 is 16.3 Å². The Kier molecular flexibility index (Phi) is 5.05. The number of benzene rings is 1.